The zero-order valence-corrected chi connectivity index (χ0v) is 10.8. The second-order valence-electron chi connectivity index (χ2n) is 2.84. The highest BCUT2D eigenvalue weighted by Gasteiger charge is 2.17. The molecule has 6 heteroatoms. The summed E-state index contributed by atoms with van der Waals surface area (Å²) in [6, 6.07) is 3.59. The summed E-state index contributed by atoms with van der Waals surface area (Å²) in [6.45, 7) is 0. The standard InChI is InChI=1S/C8H6BIO2S2/c10-6-3-14-8-4(6)1-2-5(7(8)13)9(11)12/h1-3,11-13H. The molecular weight excluding hydrogens is 330 g/mol. The first kappa shape index (κ1) is 10.8. The van der Waals surface area contributed by atoms with Crippen molar-refractivity contribution >= 4 is 69.2 Å². The molecule has 0 aliphatic heterocycles. The summed E-state index contributed by atoms with van der Waals surface area (Å²) in [5, 5.41) is 21.3. The third-order valence-electron chi connectivity index (χ3n) is 1.98. The molecule has 2 rings (SSSR count). The average molecular weight is 336 g/mol. The lowest BCUT2D eigenvalue weighted by Gasteiger charge is -2.04. The van der Waals surface area contributed by atoms with E-state index in [0.29, 0.717) is 10.4 Å². The Hall–Kier alpha value is 0.245. The minimum Gasteiger partial charge on any atom is -0.423 e. The Bertz CT molecular complexity index is 483. The number of hydrogen-bond donors (Lipinski definition) is 3. The van der Waals surface area contributed by atoms with Crippen LogP contribution in [0.3, 0.4) is 0 Å². The molecule has 72 valence electrons. The lowest BCUT2D eigenvalue weighted by atomic mass is 9.80. The highest BCUT2D eigenvalue weighted by molar-refractivity contribution is 14.1. The van der Waals surface area contributed by atoms with E-state index in [-0.39, 0.29) is 0 Å². The number of halogens is 1. The van der Waals surface area contributed by atoms with Gasteiger partial charge in [0.25, 0.3) is 0 Å². The third-order valence-corrected chi connectivity index (χ3v) is 4.94. The molecule has 1 heterocycles. The Morgan fingerprint density at radius 3 is 2.71 bits per heavy atom. The number of thiophene rings is 1. The monoisotopic (exact) mass is 336 g/mol. The van der Waals surface area contributed by atoms with Crippen molar-refractivity contribution in [3.8, 4) is 0 Å². The van der Waals surface area contributed by atoms with Gasteiger partial charge < -0.3 is 10.0 Å². The molecule has 0 atom stereocenters. The van der Waals surface area contributed by atoms with Crippen molar-refractivity contribution in [2.24, 2.45) is 0 Å². The normalized spacial score (nSPS) is 10.9. The quantitative estimate of drug-likeness (QED) is 0.419. The minimum atomic E-state index is -1.45. The highest BCUT2D eigenvalue weighted by Crippen LogP contribution is 2.30. The van der Waals surface area contributed by atoms with Crippen LogP contribution in [0.4, 0.5) is 0 Å². The Morgan fingerprint density at radius 1 is 1.36 bits per heavy atom. The van der Waals surface area contributed by atoms with Crippen LogP contribution in [0.25, 0.3) is 10.1 Å². The molecule has 0 aliphatic rings. The van der Waals surface area contributed by atoms with Gasteiger partial charge in [0.15, 0.2) is 0 Å². The fourth-order valence-electron chi connectivity index (χ4n) is 1.28. The predicted octanol–water partition coefficient (Wildman–Crippen LogP) is 1.47. The van der Waals surface area contributed by atoms with Gasteiger partial charge in [0.1, 0.15) is 0 Å². The predicted molar refractivity (Wildman–Crippen MR) is 71.6 cm³/mol. The molecule has 0 radical (unpaired) electrons. The molecule has 2 N–H and O–H groups in total. The summed E-state index contributed by atoms with van der Waals surface area (Å²) in [7, 11) is -1.45. The molecule has 0 fully saturated rings. The Balaban J connectivity index is 2.76. The first-order chi connectivity index (χ1) is 6.61. The van der Waals surface area contributed by atoms with Crippen LogP contribution < -0.4 is 5.46 Å². The van der Waals surface area contributed by atoms with Crippen molar-refractivity contribution in [2.75, 3.05) is 0 Å². The van der Waals surface area contributed by atoms with E-state index in [1.165, 1.54) is 0 Å². The third kappa shape index (κ3) is 1.69. The van der Waals surface area contributed by atoms with Crippen LogP contribution in [-0.4, -0.2) is 17.2 Å². The van der Waals surface area contributed by atoms with Crippen molar-refractivity contribution in [3.63, 3.8) is 0 Å². The van der Waals surface area contributed by atoms with Crippen LogP contribution in [0, 0.1) is 3.57 Å². The van der Waals surface area contributed by atoms with E-state index in [1.54, 1.807) is 17.4 Å². The molecule has 1 aromatic carbocycles. The first-order valence-corrected chi connectivity index (χ1v) is 6.26. The molecule has 2 nitrogen and oxygen atoms in total. The molecule has 14 heavy (non-hydrogen) atoms. The van der Waals surface area contributed by atoms with Gasteiger partial charge in [0.05, 0.1) is 0 Å². The van der Waals surface area contributed by atoms with Crippen LogP contribution in [-0.2, 0) is 0 Å². The fraction of sp³-hybridized carbons (Fsp3) is 0. The van der Waals surface area contributed by atoms with E-state index in [4.69, 9.17) is 10.0 Å². The topological polar surface area (TPSA) is 40.5 Å². The molecule has 0 bridgehead atoms. The van der Waals surface area contributed by atoms with Crippen molar-refractivity contribution < 1.29 is 10.0 Å². The lowest BCUT2D eigenvalue weighted by molar-refractivity contribution is 0.425. The van der Waals surface area contributed by atoms with Gasteiger partial charge in [-0.2, -0.15) is 0 Å². The Kier molecular flexibility index (Phi) is 3.08. The second kappa shape index (κ2) is 4.01. The Morgan fingerprint density at radius 2 is 2.07 bits per heavy atom. The number of hydrogen-bond acceptors (Lipinski definition) is 4. The first-order valence-electron chi connectivity index (χ1n) is 3.86. The summed E-state index contributed by atoms with van der Waals surface area (Å²) in [4.78, 5) is 0.658. The van der Waals surface area contributed by atoms with Crippen LogP contribution in [0.5, 0.6) is 0 Å². The maximum Gasteiger partial charge on any atom is 0.489 e. The average Bonchev–Trinajstić information content (AvgIpc) is 2.49. The zero-order valence-electron chi connectivity index (χ0n) is 6.94. The van der Waals surface area contributed by atoms with Crippen molar-refractivity contribution in [3.05, 3.63) is 21.1 Å². The SMILES string of the molecule is OB(O)c1ccc2c(I)csc2c1S. The molecule has 0 unspecified atom stereocenters. The number of fused-ring (bicyclic) bond motifs is 1. The largest absolute Gasteiger partial charge is 0.489 e. The summed E-state index contributed by atoms with van der Waals surface area (Å²) >= 11 is 8.12. The maximum atomic E-state index is 9.08. The smallest absolute Gasteiger partial charge is 0.423 e. The summed E-state index contributed by atoms with van der Waals surface area (Å²) in [5.74, 6) is 0. The molecule has 0 saturated heterocycles. The number of rotatable bonds is 1. The maximum absolute atomic E-state index is 9.08. The van der Waals surface area contributed by atoms with E-state index in [2.05, 4.69) is 35.2 Å². The van der Waals surface area contributed by atoms with E-state index < -0.39 is 7.12 Å². The molecule has 0 aliphatic carbocycles. The van der Waals surface area contributed by atoms with E-state index in [0.717, 1.165) is 13.7 Å². The van der Waals surface area contributed by atoms with Crippen molar-refractivity contribution in [1.29, 1.82) is 0 Å². The summed E-state index contributed by atoms with van der Waals surface area (Å²) < 4.78 is 2.17. The van der Waals surface area contributed by atoms with E-state index >= 15 is 0 Å². The minimum absolute atomic E-state index is 0.457. The summed E-state index contributed by atoms with van der Waals surface area (Å²) in [5.41, 5.74) is 0.457. The molecule has 1 aromatic heterocycles. The van der Waals surface area contributed by atoms with Gasteiger partial charge in [0, 0.05) is 23.9 Å². The van der Waals surface area contributed by atoms with Gasteiger partial charge in [-0.1, -0.05) is 12.1 Å². The zero-order chi connectivity index (χ0) is 10.3. The van der Waals surface area contributed by atoms with Gasteiger partial charge in [-0.3, -0.25) is 0 Å². The molecule has 0 saturated carbocycles. The number of benzene rings is 1. The van der Waals surface area contributed by atoms with Crippen LogP contribution in [0.2, 0.25) is 0 Å². The van der Waals surface area contributed by atoms with Gasteiger partial charge in [-0.05, 0) is 28.1 Å². The number of thiol groups is 1. The summed E-state index contributed by atoms with van der Waals surface area (Å²) in [6.07, 6.45) is 0. The fourth-order valence-corrected chi connectivity index (χ4v) is 3.64. The van der Waals surface area contributed by atoms with Crippen molar-refractivity contribution in [2.45, 2.75) is 4.90 Å². The van der Waals surface area contributed by atoms with Crippen LogP contribution in [0.1, 0.15) is 0 Å². The van der Waals surface area contributed by atoms with Gasteiger partial charge in [-0.15, -0.1) is 24.0 Å². The van der Waals surface area contributed by atoms with Crippen LogP contribution >= 0.6 is 46.6 Å². The Labute approximate surface area is 105 Å². The molecule has 0 spiro atoms. The second-order valence-corrected chi connectivity index (χ2v) is 5.33. The van der Waals surface area contributed by atoms with E-state index in [9.17, 15) is 0 Å². The molecule has 2 aromatic rings. The van der Waals surface area contributed by atoms with E-state index in [1.807, 2.05) is 11.4 Å². The highest BCUT2D eigenvalue weighted by atomic mass is 127. The van der Waals surface area contributed by atoms with Gasteiger partial charge >= 0.3 is 7.12 Å². The molecular formula is C8H6BIO2S2. The van der Waals surface area contributed by atoms with Gasteiger partial charge in [-0.25, -0.2) is 0 Å². The van der Waals surface area contributed by atoms with Crippen LogP contribution in [0.15, 0.2) is 22.4 Å². The molecule has 0 amide bonds. The van der Waals surface area contributed by atoms with Crippen molar-refractivity contribution in [1.82, 2.24) is 0 Å². The van der Waals surface area contributed by atoms with Gasteiger partial charge in [0.2, 0.25) is 0 Å². The lowest BCUT2D eigenvalue weighted by Crippen LogP contribution is -2.30.